The number of aliphatic carboxylic acids is 1. The second-order valence-corrected chi connectivity index (χ2v) is 6.15. The molecule has 0 saturated carbocycles. The lowest BCUT2D eigenvalue weighted by Gasteiger charge is -2.16. The second-order valence-electron chi connectivity index (χ2n) is 5.29. The largest absolute Gasteiger partial charge is 0.481 e. The molecule has 2 unspecified atom stereocenters. The van der Waals surface area contributed by atoms with Crippen LogP contribution in [0.15, 0.2) is 16.6 Å². The third-order valence-electron chi connectivity index (χ3n) is 3.60. The summed E-state index contributed by atoms with van der Waals surface area (Å²) in [6, 6.07) is 3.40. The summed E-state index contributed by atoms with van der Waals surface area (Å²) in [6.07, 6.45) is 0.431. The van der Waals surface area contributed by atoms with Crippen molar-refractivity contribution in [2.75, 3.05) is 6.54 Å². The summed E-state index contributed by atoms with van der Waals surface area (Å²) in [5.74, 6) is -1.26. The van der Waals surface area contributed by atoms with Gasteiger partial charge >= 0.3 is 5.97 Å². The molecule has 1 aromatic rings. The monoisotopic (exact) mass is 329 g/mol. The predicted molar refractivity (Wildman–Crippen MR) is 74.7 cm³/mol. The zero-order valence-corrected chi connectivity index (χ0v) is 12.5. The van der Waals surface area contributed by atoms with Crippen LogP contribution in [-0.2, 0) is 4.79 Å². The lowest BCUT2D eigenvalue weighted by atomic mass is 9.95. The first-order chi connectivity index (χ1) is 8.90. The van der Waals surface area contributed by atoms with Gasteiger partial charge in [0.1, 0.15) is 5.82 Å². The van der Waals surface area contributed by atoms with Crippen LogP contribution in [-0.4, -0.2) is 17.6 Å². The zero-order chi connectivity index (χ0) is 14.2. The highest BCUT2D eigenvalue weighted by atomic mass is 79.9. The molecule has 1 saturated heterocycles. The Bertz CT molecular complexity index is 504. The van der Waals surface area contributed by atoms with Crippen LogP contribution in [0.4, 0.5) is 4.39 Å². The van der Waals surface area contributed by atoms with Crippen molar-refractivity contribution in [2.24, 2.45) is 5.92 Å². The smallest absolute Gasteiger partial charge is 0.307 e. The van der Waals surface area contributed by atoms with E-state index in [1.165, 1.54) is 0 Å². The molecule has 104 valence electrons. The van der Waals surface area contributed by atoms with Crippen LogP contribution in [0.25, 0.3) is 0 Å². The summed E-state index contributed by atoms with van der Waals surface area (Å²) in [6.45, 7) is 4.49. The topological polar surface area (TPSA) is 49.3 Å². The minimum Gasteiger partial charge on any atom is -0.481 e. The molecule has 5 heteroatoms. The number of benzene rings is 1. The van der Waals surface area contributed by atoms with E-state index in [4.69, 9.17) is 5.11 Å². The van der Waals surface area contributed by atoms with E-state index in [0.29, 0.717) is 28.9 Å². The fraction of sp³-hybridized carbons (Fsp3) is 0.500. The van der Waals surface area contributed by atoms with Gasteiger partial charge in [0.2, 0.25) is 0 Å². The minimum atomic E-state index is -0.825. The molecule has 1 aliphatic heterocycles. The van der Waals surface area contributed by atoms with Gasteiger partial charge in [-0.2, -0.15) is 0 Å². The normalized spacial score (nSPS) is 23.0. The predicted octanol–water partition coefficient (Wildman–Crippen LogP) is 3.45. The van der Waals surface area contributed by atoms with Gasteiger partial charge in [0.15, 0.2) is 0 Å². The van der Waals surface area contributed by atoms with Crippen LogP contribution in [0.2, 0.25) is 0 Å². The van der Waals surface area contributed by atoms with E-state index in [1.54, 1.807) is 6.07 Å². The Hall–Kier alpha value is -0.940. The summed E-state index contributed by atoms with van der Waals surface area (Å²) in [4.78, 5) is 11.0. The van der Waals surface area contributed by atoms with Crippen LogP contribution in [0.1, 0.15) is 43.4 Å². The molecule has 1 aliphatic rings. The molecule has 0 aromatic heterocycles. The van der Waals surface area contributed by atoms with Crippen molar-refractivity contribution >= 4 is 21.9 Å². The lowest BCUT2D eigenvalue weighted by Crippen LogP contribution is -2.18. The number of carboxylic acids is 1. The second kappa shape index (κ2) is 5.59. The minimum absolute atomic E-state index is 0.226. The number of hydrogen-bond donors (Lipinski definition) is 2. The maximum Gasteiger partial charge on any atom is 0.307 e. The van der Waals surface area contributed by atoms with Gasteiger partial charge in [-0.25, -0.2) is 4.39 Å². The molecule has 3 nitrogen and oxygen atoms in total. The van der Waals surface area contributed by atoms with Crippen molar-refractivity contribution in [3.05, 3.63) is 33.5 Å². The van der Waals surface area contributed by atoms with E-state index < -0.39 is 11.9 Å². The third kappa shape index (κ3) is 2.98. The first kappa shape index (κ1) is 14.5. The van der Waals surface area contributed by atoms with E-state index >= 15 is 0 Å². The van der Waals surface area contributed by atoms with Crippen LogP contribution in [0, 0.1) is 11.7 Å². The van der Waals surface area contributed by atoms with Gasteiger partial charge in [-0.15, -0.1) is 0 Å². The van der Waals surface area contributed by atoms with Crippen LogP contribution < -0.4 is 5.32 Å². The van der Waals surface area contributed by atoms with Gasteiger partial charge in [-0.05, 0) is 39.9 Å². The summed E-state index contributed by atoms with van der Waals surface area (Å²) >= 11 is 3.24. The molecule has 19 heavy (non-hydrogen) atoms. The molecule has 2 atom stereocenters. The molecule has 2 N–H and O–H groups in total. The van der Waals surface area contributed by atoms with Crippen LogP contribution >= 0.6 is 15.9 Å². The molecule has 0 bridgehead atoms. The van der Waals surface area contributed by atoms with E-state index in [2.05, 4.69) is 21.2 Å². The van der Waals surface area contributed by atoms with E-state index in [1.807, 2.05) is 19.9 Å². The van der Waals surface area contributed by atoms with E-state index in [0.717, 1.165) is 5.56 Å². The van der Waals surface area contributed by atoms with Gasteiger partial charge in [-0.3, -0.25) is 4.79 Å². The third-order valence-corrected chi connectivity index (χ3v) is 4.18. The Kier molecular flexibility index (Phi) is 4.26. The molecule has 1 aromatic carbocycles. The first-order valence-electron chi connectivity index (χ1n) is 6.35. The summed E-state index contributed by atoms with van der Waals surface area (Å²) < 4.78 is 14.6. The standard InChI is InChI=1S/C14H17BrFNO2/c1-7(2)8-3-10(13(16)11(15)4-8)12-5-9(6-17-12)14(18)19/h3-4,7,9,12,17H,5-6H2,1-2H3,(H,18,19). The van der Waals surface area contributed by atoms with Crippen molar-refractivity contribution in [1.82, 2.24) is 5.32 Å². The number of carbonyl (C=O) groups is 1. The number of hydrogen-bond acceptors (Lipinski definition) is 2. The summed E-state index contributed by atoms with van der Waals surface area (Å²) in [5.41, 5.74) is 1.60. The maximum absolute atomic E-state index is 14.2. The van der Waals surface area contributed by atoms with Gasteiger partial charge < -0.3 is 10.4 Å². The number of halogens is 2. The SMILES string of the molecule is CC(C)c1cc(Br)c(F)c(C2CC(C(=O)O)CN2)c1. The summed E-state index contributed by atoms with van der Waals surface area (Å²) in [5, 5.41) is 12.1. The molecule has 2 rings (SSSR count). The molecular formula is C14H17BrFNO2. The van der Waals surface area contributed by atoms with Gasteiger partial charge in [0, 0.05) is 18.2 Å². The van der Waals surface area contributed by atoms with E-state index in [-0.39, 0.29) is 11.9 Å². The quantitative estimate of drug-likeness (QED) is 0.892. The first-order valence-corrected chi connectivity index (χ1v) is 7.14. The number of carboxylic acid groups (broad SMARTS) is 1. The lowest BCUT2D eigenvalue weighted by molar-refractivity contribution is -0.141. The Labute approximate surface area is 120 Å². The van der Waals surface area contributed by atoms with Crippen LogP contribution in [0.3, 0.4) is 0 Å². The number of nitrogens with one attached hydrogen (secondary N) is 1. The van der Waals surface area contributed by atoms with Crippen molar-refractivity contribution in [3.63, 3.8) is 0 Å². The molecule has 0 radical (unpaired) electrons. The van der Waals surface area contributed by atoms with Crippen molar-refractivity contribution in [3.8, 4) is 0 Å². The maximum atomic E-state index is 14.2. The highest BCUT2D eigenvalue weighted by Gasteiger charge is 2.32. The average molecular weight is 330 g/mol. The molecule has 0 spiro atoms. The Morgan fingerprint density at radius 2 is 2.21 bits per heavy atom. The molecule has 1 fully saturated rings. The Morgan fingerprint density at radius 3 is 2.74 bits per heavy atom. The summed E-state index contributed by atoms with van der Waals surface area (Å²) in [7, 11) is 0. The van der Waals surface area contributed by atoms with Gasteiger partial charge in [0.25, 0.3) is 0 Å². The van der Waals surface area contributed by atoms with Crippen LogP contribution in [0.5, 0.6) is 0 Å². The van der Waals surface area contributed by atoms with Gasteiger partial charge in [0.05, 0.1) is 10.4 Å². The van der Waals surface area contributed by atoms with Crippen molar-refractivity contribution in [1.29, 1.82) is 0 Å². The highest BCUT2D eigenvalue weighted by molar-refractivity contribution is 9.10. The Morgan fingerprint density at radius 1 is 1.53 bits per heavy atom. The molecule has 0 amide bonds. The average Bonchev–Trinajstić information content (AvgIpc) is 2.81. The molecular weight excluding hydrogens is 313 g/mol. The number of rotatable bonds is 3. The molecule has 1 heterocycles. The molecule has 0 aliphatic carbocycles. The highest BCUT2D eigenvalue weighted by Crippen LogP contribution is 2.34. The van der Waals surface area contributed by atoms with Crippen molar-refractivity contribution in [2.45, 2.75) is 32.2 Å². The van der Waals surface area contributed by atoms with E-state index in [9.17, 15) is 9.18 Å². The zero-order valence-electron chi connectivity index (χ0n) is 10.9. The fourth-order valence-electron chi connectivity index (χ4n) is 2.38. The Balaban J connectivity index is 2.32. The van der Waals surface area contributed by atoms with Crippen molar-refractivity contribution < 1.29 is 14.3 Å². The van der Waals surface area contributed by atoms with Gasteiger partial charge in [-0.1, -0.05) is 19.9 Å². The fourth-order valence-corrected chi connectivity index (χ4v) is 2.87.